The summed E-state index contributed by atoms with van der Waals surface area (Å²) in [6.45, 7) is 2.15. The molecule has 5 nitrogen and oxygen atoms in total. The lowest BCUT2D eigenvalue weighted by Gasteiger charge is -2.27. The summed E-state index contributed by atoms with van der Waals surface area (Å²) in [6.07, 6.45) is 6.58. The van der Waals surface area contributed by atoms with E-state index in [9.17, 15) is 4.79 Å². The number of nitrogens with one attached hydrogen (secondary N) is 3. The van der Waals surface area contributed by atoms with Crippen LogP contribution in [0.3, 0.4) is 0 Å². The Bertz CT molecular complexity index is 748. The van der Waals surface area contributed by atoms with Gasteiger partial charge in [-0.1, -0.05) is 31.2 Å². The summed E-state index contributed by atoms with van der Waals surface area (Å²) in [4.78, 5) is 17.0. The fourth-order valence-corrected chi connectivity index (χ4v) is 4.04. The normalized spacial score (nSPS) is 28.4. The second-order valence-electron chi connectivity index (χ2n) is 7.04. The lowest BCUT2D eigenvalue weighted by Crippen LogP contribution is -2.48. The molecule has 1 amide bonds. The zero-order valence-electron chi connectivity index (χ0n) is 14.4. The number of carbonyl (C=O) groups is 1. The number of hydrogen-bond acceptors (Lipinski definition) is 4. The molecule has 0 saturated carbocycles. The van der Waals surface area contributed by atoms with Crippen LogP contribution in [-0.2, 0) is 11.2 Å². The molecule has 3 N–H and O–H groups in total. The average molecular weight is 336 g/mol. The van der Waals surface area contributed by atoms with E-state index in [0.29, 0.717) is 0 Å². The van der Waals surface area contributed by atoms with Crippen molar-refractivity contribution in [2.24, 2.45) is 5.92 Å². The van der Waals surface area contributed by atoms with Gasteiger partial charge in [-0.05, 0) is 48.1 Å². The van der Waals surface area contributed by atoms with Gasteiger partial charge in [0, 0.05) is 18.3 Å². The SMILES string of the molecule is CC1C(NC(=O)C2CCCc3ccccc32)NNC1c1ccncc1. The van der Waals surface area contributed by atoms with Gasteiger partial charge in [-0.15, -0.1) is 0 Å². The van der Waals surface area contributed by atoms with Crippen molar-refractivity contribution in [3.63, 3.8) is 0 Å². The highest BCUT2D eigenvalue weighted by molar-refractivity contribution is 5.84. The summed E-state index contributed by atoms with van der Waals surface area (Å²) in [6, 6.07) is 12.5. The number of nitrogens with zero attached hydrogens (tertiary/aromatic N) is 1. The van der Waals surface area contributed by atoms with Gasteiger partial charge in [0.2, 0.25) is 5.91 Å². The molecule has 0 radical (unpaired) electrons. The van der Waals surface area contributed by atoms with E-state index in [2.05, 4.69) is 46.3 Å². The third-order valence-electron chi connectivity index (χ3n) is 5.49. The number of fused-ring (bicyclic) bond motifs is 1. The quantitative estimate of drug-likeness (QED) is 0.805. The van der Waals surface area contributed by atoms with Crippen LogP contribution in [0.1, 0.15) is 48.4 Å². The molecule has 4 unspecified atom stereocenters. The van der Waals surface area contributed by atoms with Gasteiger partial charge in [0.1, 0.15) is 0 Å². The number of benzene rings is 1. The predicted molar refractivity (Wildman–Crippen MR) is 96.5 cm³/mol. The molecule has 2 aromatic rings. The third kappa shape index (κ3) is 3.17. The molecule has 1 aromatic heterocycles. The van der Waals surface area contributed by atoms with E-state index in [1.54, 1.807) is 12.4 Å². The number of aryl methyl sites for hydroxylation is 1. The van der Waals surface area contributed by atoms with E-state index < -0.39 is 0 Å². The number of rotatable bonds is 3. The lowest BCUT2D eigenvalue weighted by atomic mass is 9.82. The molecule has 0 spiro atoms. The highest BCUT2D eigenvalue weighted by Gasteiger charge is 2.36. The molecule has 2 heterocycles. The van der Waals surface area contributed by atoms with Crippen LogP contribution in [0, 0.1) is 5.92 Å². The van der Waals surface area contributed by atoms with Crippen LogP contribution < -0.4 is 16.2 Å². The van der Waals surface area contributed by atoms with Crippen LogP contribution in [-0.4, -0.2) is 17.1 Å². The molecule has 1 aliphatic heterocycles. The first-order chi connectivity index (χ1) is 12.2. The van der Waals surface area contributed by atoms with Gasteiger partial charge in [-0.3, -0.25) is 9.78 Å². The first-order valence-corrected chi connectivity index (χ1v) is 9.03. The van der Waals surface area contributed by atoms with E-state index in [-0.39, 0.29) is 30.0 Å². The van der Waals surface area contributed by atoms with E-state index in [0.717, 1.165) is 19.3 Å². The number of hydrazine groups is 1. The van der Waals surface area contributed by atoms with Crippen molar-refractivity contribution in [2.75, 3.05) is 0 Å². The Kier molecular flexibility index (Phi) is 4.51. The molecule has 1 aliphatic carbocycles. The molecular weight excluding hydrogens is 312 g/mol. The molecular formula is C20H24N4O. The Hall–Kier alpha value is -2.24. The summed E-state index contributed by atoms with van der Waals surface area (Å²) in [5, 5.41) is 3.21. The highest BCUT2D eigenvalue weighted by atomic mass is 16.2. The fraction of sp³-hybridized carbons (Fsp3) is 0.400. The molecule has 5 heteroatoms. The monoisotopic (exact) mass is 336 g/mol. The number of pyridine rings is 1. The molecule has 130 valence electrons. The molecule has 4 atom stereocenters. The van der Waals surface area contributed by atoms with Crippen LogP contribution in [0.25, 0.3) is 0 Å². The fourth-order valence-electron chi connectivity index (χ4n) is 4.04. The van der Waals surface area contributed by atoms with Crippen molar-refractivity contribution in [3.8, 4) is 0 Å². The van der Waals surface area contributed by atoms with Crippen LogP contribution in [0.15, 0.2) is 48.8 Å². The predicted octanol–water partition coefficient (Wildman–Crippen LogP) is 2.43. The van der Waals surface area contributed by atoms with Gasteiger partial charge in [0.25, 0.3) is 0 Å². The van der Waals surface area contributed by atoms with Gasteiger partial charge < -0.3 is 5.32 Å². The first kappa shape index (κ1) is 16.2. The zero-order valence-corrected chi connectivity index (χ0v) is 14.4. The van der Waals surface area contributed by atoms with Crippen molar-refractivity contribution >= 4 is 5.91 Å². The minimum absolute atomic E-state index is 0.0427. The van der Waals surface area contributed by atoms with Gasteiger partial charge in [0.05, 0.1) is 18.1 Å². The van der Waals surface area contributed by atoms with Crippen molar-refractivity contribution in [1.82, 2.24) is 21.2 Å². The minimum Gasteiger partial charge on any atom is -0.339 e. The second-order valence-corrected chi connectivity index (χ2v) is 7.04. The van der Waals surface area contributed by atoms with Crippen molar-refractivity contribution in [3.05, 3.63) is 65.5 Å². The maximum absolute atomic E-state index is 12.9. The van der Waals surface area contributed by atoms with Crippen molar-refractivity contribution in [2.45, 2.75) is 44.3 Å². The largest absolute Gasteiger partial charge is 0.339 e. The van der Waals surface area contributed by atoms with Gasteiger partial charge in [0.15, 0.2) is 0 Å². The Morgan fingerprint density at radius 1 is 1.16 bits per heavy atom. The Labute approximate surface area is 148 Å². The summed E-state index contributed by atoms with van der Waals surface area (Å²) < 4.78 is 0. The standard InChI is InChI=1S/C20H24N4O/c1-13-18(15-9-11-21-12-10-15)23-24-19(13)22-20(25)17-8-4-6-14-5-2-3-7-16(14)17/h2-3,5,7,9-13,17-19,23-24H,4,6,8H2,1H3,(H,22,25). The molecule has 1 fully saturated rings. The first-order valence-electron chi connectivity index (χ1n) is 9.03. The number of amides is 1. The molecule has 0 bridgehead atoms. The summed E-state index contributed by atoms with van der Waals surface area (Å²) >= 11 is 0. The number of carbonyl (C=O) groups excluding carboxylic acids is 1. The van der Waals surface area contributed by atoms with Gasteiger partial charge in [-0.2, -0.15) is 0 Å². The maximum Gasteiger partial charge on any atom is 0.228 e. The maximum atomic E-state index is 12.9. The van der Waals surface area contributed by atoms with E-state index >= 15 is 0 Å². The molecule has 1 saturated heterocycles. The molecule has 2 aliphatic rings. The van der Waals surface area contributed by atoms with Crippen molar-refractivity contribution in [1.29, 1.82) is 0 Å². The van der Waals surface area contributed by atoms with Crippen LogP contribution in [0.5, 0.6) is 0 Å². The highest BCUT2D eigenvalue weighted by Crippen LogP contribution is 2.32. The van der Waals surface area contributed by atoms with Crippen molar-refractivity contribution < 1.29 is 4.79 Å². The lowest BCUT2D eigenvalue weighted by molar-refractivity contribution is -0.124. The smallest absolute Gasteiger partial charge is 0.228 e. The zero-order chi connectivity index (χ0) is 17.2. The van der Waals surface area contributed by atoms with Gasteiger partial charge in [-0.25, -0.2) is 10.9 Å². The Morgan fingerprint density at radius 2 is 1.96 bits per heavy atom. The Balaban J connectivity index is 1.46. The molecule has 25 heavy (non-hydrogen) atoms. The van der Waals surface area contributed by atoms with E-state index in [4.69, 9.17) is 0 Å². The summed E-state index contributed by atoms with van der Waals surface area (Å²) in [5.74, 6) is 0.317. The van der Waals surface area contributed by atoms with E-state index in [1.807, 2.05) is 18.2 Å². The average Bonchev–Trinajstić information content (AvgIpc) is 3.02. The Morgan fingerprint density at radius 3 is 2.80 bits per heavy atom. The summed E-state index contributed by atoms with van der Waals surface area (Å²) in [7, 11) is 0. The van der Waals surface area contributed by atoms with E-state index in [1.165, 1.54) is 16.7 Å². The summed E-state index contributed by atoms with van der Waals surface area (Å²) in [5.41, 5.74) is 10.2. The van der Waals surface area contributed by atoms with Crippen LogP contribution in [0.4, 0.5) is 0 Å². The third-order valence-corrected chi connectivity index (χ3v) is 5.49. The number of aromatic nitrogens is 1. The molecule has 4 rings (SSSR count). The second kappa shape index (κ2) is 6.94. The number of hydrogen-bond donors (Lipinski definition) is 3. The van der Waals surface area contributed by atoms with Gasteiger partial charge >= 0.3 is 0 Å². The minimum atomic E-state index is -0.0836. The van der Waals surface area contributed by atoms with Crippen LogP contribution in [0.2, 0.25) is 0 Å². The van der Waals surface area contributed by atoms with Crippen LogP contribution >= 0.6 is 0 Å². The topological polar surface area (TPSA) is 66.1 Å². The molecule has 1 aromatic carbocycles.